The predicted molar refractivity (Wildman–Crippen MR) is 94.4 cm³/mol. The molecule has 1 aromatic heterocycles. The Labute approximate surface area is 143 Å². The lowest BCUT2D eigenvalue weighted by Crippen LogP contribution is -2.49. The van der Waals surface area contributed by atoms with Gasteiger partial charge in [-0.1, -0.05) is 37.3 Å². The van der Waals surface area contributed by atoms with Crippen LogP contribution in [0.5, 0.6) is 0 Å². The molecule has 2 heterocycles. The molecule has 0 aliphatic carbocycles. The fourth-order valence-corrected chi connectivity index (χ4v) is 3.36. The van der Waals surface area contributed by atoms with Crippen molar-refractivity contribution in [2.75, 3.05) is 19.6 Å². The summed E-state index contributed by atoms with van der Waals surface area (Å²) in [5.41, 5.74) is 2.50. The van der Waals surface area contributed by atoms with Crippen molar-refractivity contribution in [1.82, 2.24) is 19.6 Å². The van der Waals surface area contributed by atoms with Crippen molar-refractivity contribution in [3.05, 3.63) is 53.9 Å². The SMILES string of the molecule is CCCn1cc(CN2CCN(C(C)=O)CC2c2ccccc2)cn1. The summed E-state index contributed by atoms with van der Waals surface area (Å²) in [6.45, 7) is 8.08. The zero-order valence-electron chi connectivity index (χ0n) is 14.6. The lowest BCUT2D eigenvalue weighted by Gasteiger charge is -2.41. The molecule has 1 saturated heterocycles. The van der Waals surface area contributed by atoms with Crippen LogP contribution in [0.4, 0.5) is 0 Å². The Morgan fingerprint density at radius 3 is 2.75 bits per heavy atom. The van der Waals surface area contributed by atoms with Gasteiger partial charge < -0.3 is 4.90 Å². The molecule has 0 saturated carbocycles. The number of hydrogen-bond donors (Lipinski definition) is 0. The van der Waals surface area contributed by atoms with E-state index < -0.39 is 0 Å². The normalized spacial score (nSPS) is 18.8. The number of nitrogens with zero attached hydrogens (tertiary/aromatic N) is 4. The Hall–Kier alpha value is -2.14. The summed E-state index contributed by atoms with van der Waals surface area (Å²) in [6, 6.07) is 10.7. The van der Waals surface area contributed by atoms with Gasteiger partial charge in [0.2, 0.25) is 5.91 Å². The van der Waals surface area contributed by atoms with Crippen molar-refractivity contribution in [2.45, 2.75) is 39.4 Å². The summed E-state index contributed by atoms with van der Waals surface area (Å²) in [7, 11) is 0. The van der Waals surface area contributed by atoms with Gasteiger partial charge in [0, 0.05) is 51.4 Å². The molecular weight excluding hydrogens is 300 g/mol. The van der Waals surface area contributed by atoms with E-state index in [-0.39, 0.29) is 11.9 Å². The van der Waals surface area contributed by atoms with Gasteiger partial charge >= 0.3 is 0 Å². The average Bonchev–Trinajstić information content (AvgIpc) is 3.03. The van der Waals surface area contributed by atoms with Crippen molar-refractivity contribution in [2.24, 2.45) is 0 Å². The van der Waals surface area contributed by atoms with Crippen molar-refractivity contribution in [3.8, 4) is 0 Å². The van der Waals surface area contributed by atoms with Crippen LogP contribution in [-0.4, -0.2) is 45.1 Å². The lowest BCUT2D eigenvalue weighted by atomic mass is 10.0. The summed E-state index contributed by atoms with van der Waals surface area (Å²) >= 11 is 0. The largest absolute Gasteiger partial charge is 0.340 e. The van der Waals surface area contributed by atoms with Gasteiger partial charge in [-0.05, 0) is 12.0 Å². The van der Waals surface area contributed by atoms with E-state index in [2.05, 4.69) is 47.4 Å². The third-order valence-electron chi connectivity index (χ3n) is 4.65. The van der Waals surface area contributed by atoms with Gasteiger partial charge in [0.05, 0.1) is 12.2 Å². The fraction of sp³-hybridized carbons (Fsp3) is 0.474. The molecule has 2 aromatic rings. The minimum Gasteiger partial charge on any atom is -0.340 e. The highest BCUT2D eigenvalue weighted by Crippen LogP contribution is 2.27. The van der Waals surface area contributed by atoms with Crippen LogP contribution in [0.25, 0.3) is 0 Å². The number of carbonyl (C=O) groups is 1. The van der Waals surface area contributed by atoms with Gasteiger partial charge in [-0.15, -0.1) is 0 Å². The lowest BCUT2D eigenvalue weighted by molar-refractivity contribution is -0.132. The Morgan fingerprint density at radius 1 is 1.25 bits per heavy atom. The van der Waals surface area contributed by atoms with E-state index in [0.717, 1.165) is 39.1 Å². The Kier molecular flexibility index (Phi) is 5.30. The van der Waals surface area contributed by atoms with Crippen LogP contribution in [0, 0.1) is 0 Å². The van der Waals surface area contributed by atoms with Crippen LogP contribution in [0.2, 0.25) is 0 Å². The van der Waals surface area contributed by atoms with Crippen LogP contribution in [0.15, 0.2) is 42.7 Å². The highest BCUT2D eigenvalue weighted by Gasteiger charge is 2.29. The predicted octanol–water partition coefficient (Wildman–Crippen LogP) is 2.70. The molecule has 0 spiro atoms. The van der Waals surface area contributed by atoms with Gasteiger partial charge in [0.1, 0.15) is 0 Å². The number of amides is 1. The Bertz CT molecular complexity index is 667. The van der Waals surface area contributed by atoms with Crippen LogP contribution in [0.3, 0.4) is 0 Å². The minimum absolute atomic E-state index is 0.159. The van der Waals surface area contributed by atoms with Crippen molar-refractivity contribution < 1.29 is 4.79 Å². The van der Waals surface area contributed by atoms with Gasteiger partial charge in [0.25, 0.3) is 0 Å². The Morgan fingerprint density at radius 2 is 2.04 bits per heavy atom. The average molecular weight is 326 g/mol. The van der Waals surface area contributed by atoms with Gasteiger partial charge in [-0.2, -0.15) is 5.10 Å². The molecule has 5 nitrogen and oxygen atoms in total. The van der Waals surface area contributed by atoms with E-state index in [1.165, 1.54) is 11.1 Å². The third-order valence-corrected chi connectivity index (χ3v) is 4.65. The summed E-state index contributed by atoms with van der Waals surface area (Å²) in [4.78, 5) is 16.2. The number of piperazine rings is 1. The van der Waals surface area contributed by atoms with Gasteiger partial charge in [-0.3, -0.25) is 14.4 Å². The molecule has 3 rings (SSSR count). The molecule has 0 radical (unpaired) electrons. The quantitative estimate of drug-likeness (QED) is 0.848. The molecule has 0 N–H and O–H groups in total. The topological polar surface area (TPSA) is 41.4 Å². The number of benzene rings is 1. The van der Waals surface area contributed by atoms with Crippen molar-refractivity contribution >= 4 is 5.91 Å². The molecule has 1 amide bonds. The van der Waals surface area contributed by atoms with Crippen LogP contribution in [0.1, 0.15) is 37.4 Å². The highest BCUT2D eigenvalue weighted by atomic mass is 16.2. The van der Waals surface area contributed by atoms with E-state index in [4.69, 9.17) is 0 Å². The highest BCUT2D eigenvalue weighted by molar-refractivity contribution is 5.73. The molecule has 24 heavy (non-hydrogen) atoms. The Balaban J connectivity index is 1.77. The maximum Gasteiger partial charge on any atom is 0.219 e. The zero-order chi connectivity index (χ0) is 16.9. The van der Waals surface area contributed by atoms with Crippen molar-refractivity contribution in [3.63, 3.8) is 0 Å². The van der Waals surface area contributed by atoms with Crippen LogP contribution < -0.4 is 0 Å². The van der Waals surface area contributed by atoms with E-state index in [1.54, 1.807) is 6.92 Å². The summed E-state index contributed by atoms with van der Waals surface area (Å²) in [5.74, 6) is 0.159. The van der Waals surface area contributed by atoms with Crippen LogP contribution in [-0.2, 0) is 17.9 Å². The molecule has 1 aliphatic heterocycles. The monoisotopic (exact) mass is 326 g/mol. The maximum atomic E-state index is 11.8. The van der Waals surface area contributed by atoms with Crippen molar-refractivity contribution in [1.29, 1.82) is 0 Å². The second-order valence-corrected chi connectivity index (χ2v) is 6.47. The molecular formula is C19H26N4O. The summed E-state index contributed by atoms with van der Waals surface area (Å²) < 4.78 is 2.01. The van der Waals surface area contributed by atoms with E-state index in [0.29, 0.717) is 0 Å². The van der Waals surface area contributed by atoms with Gasteiger partial charge in [0.15, 0.2) is 0 Å². The zero-order valence-corrected chi connectivity index (χ0v) is 14.6. The number of aryl methyl sites for hydroxylation is 1. The first-order chi connectivity index (χ1) is 11.7. The number of carbonyl (C=O) groups excluding carboxylic acids is 1. The third kappa shape index (κ3) is 3.85. The molecule has 5 heteroatoms. The number of rotatable bonds is 5. The summed E-state index contributed by atoms with van der Waals surface area (Å²) in [5, 5.41) is 4.44. The smallest absolute Gasteiger partial charge is 0.219 e. The standard InChI is InChI=1S/C19H26N4O/c1-3-9-23-14-17(12-20-23)13-22-11-10-21(16(2)24)15-19(22)18-7-5-4-6-8-18/h4-8,12,14,19H,3,9-11,13,15H2,1-2H3. The molecule has 0 bridgehead atoms. The number of aromatic nitrogens is 2. The maximum absolute atomic E-state index is 11.8. The molecule has 1 fully saturated rings. The second-order valence-electron chi connectivity index (χ2n) is 6.47. The van der Waals surface area contributed by atoms with Gasteiger partial charge in [-0.25, -0.2) is 0 Å². The van der Waals surface area contributed by atoms with E-state index in [1.807, 2.05) is 21.8 Å². The summed E-state index contributed by atoms with van der Waals surface area (Å²) in [6.07, 6.45) is 5.20. The van der Waals surface area contributed by atoms with E-state index >= 15 is 0 Å². The molecule has 1 unspecified atom stereocenters. The second kappa shape index (κ2) is 7.62. The molecule has 1 atom stereocenters. The fourth-order valence-electron chi connectivity index (χ4n) is 3.36. The molecule has 1 aromatic carbocycles. The first-order valence-electron chi connectivity index (χ1n) is 8.73. The first kappa shape index (κ1) is 16.7. The first-order valence-corrected chi connectivity index (χ1v) is 8.73. The molecule has 1 aliphatic rings. The molecule has 128 valence electrons. The minimum atomic E-state index is 0.159. The van der Waals surface area contributed by atoms with Crippen LogP contribution >= 0.6 is 0 Å². The number of hydrogen-bond acceptors (Lipinski definition) is 3. The van der Waals surface area contributed by atoms with E-state index in [9.17, 15) is 4.79 Å².